The Morgan fingerprint density at radius 2 is 2.15 bits per heavy atom. The van der Waals surface area contributed by atoms with Gasteiger partial charge >= 0.3 is 0 Å². The van der Waals surface area contributed by atoms with Gasteiger partial charge in [-0.1, -0.05) is 12.1 Å². The van der Waals surface area contributed by atoms with E-state index >= 15 is 0 Å². The average Bonchev–Trinajstić information content (AvgIpc) is 2.86. The second-order valence-corrected chi connectivity index (χ2v) is 5.28. The van der Waals surface area contributed by atoms with E-state index in [-0.39, 0.29) is 0 Å². The molecule has 0 aliphatic carbocycles. The Hall–Kier alpha value is -1.59. The van der Waals surface area contributed by atoms with E-state index in [1.165, 1.54) is 4.88 Å². The van der Waals surface area contributed by atoms with Crippen LogP contribution < -0.4 is 15.2 Å². The summed E-state index contributed by atoms with van der Waals surface area (Å²) in [5, 5.41) is 0. The summed E-state index contributed by atoms with van der Waals surface area (Å²) >= 11 is 1.66. The highest BCUT2D eigenvalue weighted by Crippen LogP contribution is 2.31. The van der Waals surface area contributed by atoms with Crippen LogP contribution in [0.15, 0.2) is 23.7 Å². The molecule has 0 radical (unpaired) electrons. The zero-order valence-electron chi connectivity index (χ0n) is 11.9. The Kier molecular flexibility index (Phi) is 5.38. The molecule has 0 saturated heterocycles. The van der Waals surface area contributed by atoms with Crippen molar-refractivity contribution in [1.29, 1.82) is 0 Å². The van der Waals surface area contributed by atoms with Crippen LogP contribution in [-0.4, -0.2) is 18.2 Å². The van der Waals surface area contributed by atoms with Gasteiger partial charge in [0.1, 0.15) is 0 Å². The fourth-order valence-electron chi connectivity index (χ4n) is 1.97. The standard InChI is InChI=1S/C15H20N2O2S/c1-3-18-13-6-4-5-12(9-16)15(13)19-8-7-14-11(2)17-10-20-14/h4-6,10H,3,7-9,16H2,1-2H3. The number of nitrogens with two attached hydrogens (primary N) is 1. The van der Waals surface area contributed by atoms with Crippen molar-refractivity contribution in [2.24, 2.45) is 5.73 Å². The van der Waals surface area contributed by atoms with Crippen molar-refractivity contribution in [1.82, 2.24) is 4.98 Å². The minimum absolute atomic E-state index is 0.440. The lowest BCUT2D eigenvalue weighted by Crippen LogP contribution is -2.08. The van der Waals surface area contributed by atoms with Crippen LogP contribution in [0.25, 0.3) is 0 Å². The van der Waals surface area contributed by atoms with Gasteiger partial charge in [0, 0.05) is 23.4 Å². The van der Waals surface area contributed by atoms with Gasteiger partial charge in [-0.05, 0) is 19.9 Å². The van der Waals surface area contributed by atoms with Gasteiger partial charge in [0.2, 0.25) is 0 Å². The highest BCUT2D eigenvalue weighted by molar-refractivity contribution is 7.09. The van der Waals surface area contributed by atoms with E-state index in [0.29, 0.717) is 19.8 Å². The molecule has 0 saturated carbocycles. The molecule has 0 aliphatic heterocycles. The molecule has 5 heteroatoms. The molecule has 0 amide bonds. The third-order valence-electron chi connectivity index (χ3n) is 3.00. The zero-order chi connectivity index (χ0) is 14.4. The molecule has 0 aliphatic rings. The van der Waals surface area contributed by atoms with E-state index in [2.05, 4.69) is 4.98 Å². The number of hydrogen-bond acceptors (Lipinski definition) is 5. The van der Waals surface area contributed by atoms with Crippen molar-refractivity contribution >= 4 is 11.3 Å². The molecule has 4 nitrogen and oxygen atoms in total. The lowest BCUT2D eigenvalue weighted by molar-refractivity contribution is 0.277. The summed E-state index contributed by atoms with van der Waals surface area (Å²) in [6.45, 7) is 5.62. The van der Waals surface area contributed by atoms with Crippen LogP contribution in [0.5, 0.6) is 11.5 Å². The van der Waals surface area contributed by atoms with Gasteiger partial charge in [-0.25, -0.2) is 4.98 Å². The second-order valence-electron chi connectivity index (χ2n) is 4.34. The molecule has 1 aromatic heterocycles. The number of para-hydroxylation sites is 1. The van der Waals surface area contributed by atoms with Crippen LogP contribution in [0.1, 0.15) is 23.1 Å². The van der Waals surface area contributed by atoms with Gasteiger partial charge in [0.25, 0.3) is 0 Å². The maximum absolute atomic E-state index is 5.91. The topological polar surface area (TPSA) is 57.4 Å². The maximum atomic E-state index is 5.91. The molecule has 1 aromatic carbocycles. The molecule has 0 fully saturated rings. The van der Waals surface area contributed by atoms with Crippen molar-refractivity contribution < 1.29 is 9.47 Å². The van der Waals surface area contributed by atoms with E-state index in [4.69, 9.17) is 15.2 Å². The number of nitrogens with zero attached hydrogens (tertiary/aromatic N) is 1. The number of thiazole rings is 1. The summed E-state index contributed by atoms with van der Waals surface area (Å²) in [7, 11) is 0. The largest absolute Gasteiger partial charge is 0.490 e. The van der Waals surface area contributed by atoms with Crippen LogP contribution in [0.3, 0.4) is 0 Å². The van der Waals surface area contributed by atoms with Crippen molar-refractivity contribution in [2.45, 2.75) is 26.8 Å². The molecule has 1 heterocycles. The average molecular weight is 292 g/mol. The Bertz CT molecular complexity index is 555. The number of aromatic nitrogens is 1. The summed E-state index contributed by atoms with van der Waals surface area (Å²) in [6, 6.07) is 5.82. The fraction of sp³-hybridized carbons (Fsp3) is 0.400. The molecule has 0 atom stereocenters. The van der Waals surface area contributed by atoms with Crippen LogP contribution in [0, 0.1) is 6.92 Å². The smallest absolute Gasteiger partial charge is 0.165 e. The molecule has 2 N–H and O–H groups in total. The van der Waals surface area contributed by atoms with E-state index in [1.807, 2.05) is 37.6 Å². The normalized spacial score (nSPS) is 10.6. The first-order chi connectivity index (χ1) is 9.76. The summed E-state index contributed by atoms with van der Waals surface area (Å²) in [4.78, 5) is 5.50. The fourth-order valence-corrected chi connectivity index (χ4v) is 2.73. The number of rotatable bonds is 7. The highest BCUT2D eigenvalue weighted by atomic mass is 32.1. The zero-order valence-corrected chi connectivity index (χ0v) is 12.7. The molecule has 108 valence electrons. The molecule has 2 aromatic rings. The van der Waals surface area contributed by atoms with E-state index in [1.54, 1.807) is 11.3 Å². The summed E-state index contributed by atoms with van der Waals surface area (Å²) in [5.41, 5.74) is 9.68. The third kappa shape index (κ3) is 3.49. The van der Waals surface area contributed by atoms with Crippen LogP contribution >= 0.6 is 11.3 Å². The predicted octanol–water partition coefficient (Wildman–Crippen LogP) is 2.93. The van der Waals surface area contributed by atoms with Gasteiger partial charge in [-0.2, -0.15) is 0 Å². The lowest BCUT2D eigenvalue weighted by Gasteiger charge is -2.15. The Morgan fingerprint density at radius 1 is 1.30 bits per heavy atom. The summed E-state index contributed by atoms with van der Waals surface area (Å²) in [5.74, 6) is 1.52. The summed E-state index contributed by atoms with van der Waals surface area (Å²) < 4.78 is 11.5. The van der Waals surface area contributed by atoms with Gasteiger partial charge in [-0.15, -0.1) is 11.3 Å². The summed E-state index contributed by atoms with van der Waals surface area (Å²) in [6.07, 6.45) is 0.848. The lowest BCUT2D eigenvalue weighted by atomic mass is 10.2. The number of ether oxygens (including phenoxy) is 2. The molecular formula is C15H20N2O2S. The first kappa shape index (κ1) is 14.8. The molecule has 0 bridgehead atoms. The van der Waals surface area contributed by atoms with Gasteiger partial charge in [-0.3, -0.25) is 0 Å². The van der Waals surface area contributed by atoms with E-state index < -0.39 is 0 Å². The first-order valence-electron chi connectivity index (χ1n) is 6.72. The van der Waals surface area contributed by atoms with Crippen molar-refractivity contribution in [3.8, 4) is 11.5 Å². The Morgan fingerprint density at radius 3 is 2.80 bits per heavy atom. The molecular weight excluding hydrogens is 272 g/mol. The van der Waals surface area contributed by atoms with Gasteiger partial charge < -0.3 is 15.2 Å². The third-order valence-corrected chi connectivity index (χ3v) is 4.00. The molecule has 0 unspecified atom stereocenters. The first-order valence-corrected chi connectivity index (χ1v) is 7.60. The van der Waals surface area contributed by atoms with Crippen molar-refractivity contribution in [2.75, 3.05) is 13.2 Å². The van der Waals surface area contributed by atoms with Crippen molar-refractivity contribution in [3.05, 3.63) is 39.8 Å². The van der Waals surface area contributed by atoms with Crippen LogP contribution in [0.2, 0.25) is 0 Å². The van der Waals surface area contributed by atoms with Crippen molar-refractivity contribution in [3.63, 3.8) is 0 Å². The minimum Gasteiger partial charge on any atom is -0.490 e. The highest BCUT2D eigenvalue weighted by Gasteiger charge is 2.10. The Labute approximate surface area is 123 Å². The quantitative estimate of drug-likeness (QED) is 0.852. The second kappa shape index (κ2) is 7.26. The molecule has 20 heavy (non-hydrogen) atoms. The predicted molar refractivity (Wildman–Crippen MR) is 81.6 cm³/mol. The monoisotopic (exact) mass is 292 g/mol. The minimum atomic E-state index is 0.440. The number of aryl methyl sites for hydroxylation is 1. The van der Waals surface area contributed by atoms with Gasteiger partial charge in [0.05, 0.1) is 24.4 Å². The van der Waals surface area contributed by atoms with E-state index in [0.717, 1.165) is 29.2 Å². The van der Waals surface area contributed by atoms with Gasteiger partial charge in [0.15, 0.2) is 11.5 Å². The van der Waals surface area contributed by atoms with Crippen LogP contribution in [0.4, 0.5) is 0 Å². The molecule has 0 spiro atoms. The number of hydrogen-bond donors (Lipinski definition) is 1. The maximum Gasteiger partial charge on any atom is 0.165 e. The SMILES string of the molecule is CCOc1cccc(CN)c1OCCc1scnc1C. The van der Waals surface area contributed by atoms with E-state index in [9.17, 15) is 0 Å². The van der Waals surface area contributed by atoms with Crippen LogP contribution in [-0.2, 0) is 13.0 Å². The Balaban J connectivity index is 2.05. The number of benzene rings is 1. The molecule has 2 rings (SSSR count).